The number of nitrogens with zero attached hydrogens (tertiary/aromatic N) is 4. The fourth-order valence-electron chi connectivity index (χ4n) is 5.97. The van der Waals surface area contributed by atoms with E-state index in [0.717, 1.165) is 35.0 Å². The molecule has 0 radical (unpaired) electrons. The van der Waals surface area contributed by atoms with E-state index < -0.39 is 21.8 Å². The lowest BCUT2D eigenvalue weighted by molar-refractivity contribution is -0.147. The summed E-state index contributed by atoms with van der Waals surface area (Å²) in [5.41, 5.74) is 1.37. The maximum absolute atomic E-state index is 15.0. The average Bonchev–Trinajstić information content (AvgIpc) is 3.63. The van der Waals surface area contributed by atoms with Crippen LogP contribution in [0.15, 0.2) is 53.8 Å². The van der Waals surface area contributed by atoms with E-state index in [1.165, 1.54) is 31.6 Å². The van der Waals surface area contributed by atoms with Gasteiger partial charge in [-0.3, -0.25) is 4.79 Å². The molecule has 1 N–H and O–H groups in total. The van der Waals surface area contributed by atoms with E-state index in [9.17, 15) is 17.6 Å². The first-order valence-electron chi connectivity index (χ1n) is 12.5. The van der Waals surface area contributed by atoms with Gasteiger partial charge in [-0.25, -0.2) is 31.7 Å². The Labute approximate surface area is 229 Å². The summed E-state index contributed by atoms with van der Waals surface area (Å²) in [7, 11) is -2.67. The highest BCUT2D eigenvalue weighted by atomic mass is 35.5. The highest BCUT2D eigenvalue weighted by Gasteiger charge is 2.51. The Morgan fingerprint density at radius 3 is 2.64 bits per heavy atom. The standard InChI is InChI=1S/C27H25ClFN5O4S/c1-14-3-7-18(8-4-14)39(36,37)34-13-20(19-10-17(28)11-31-26(19)34)24-30-12-21(29)25(33-24)32-23-16-6-5-15(9-16)22(23)27(35)38-2/h3-4,7-8,10-13,15-16,22-23H,5-6,9H2,1-2H3,(H,30,32,33). The lowest BCUT2D eigenvalue weighted by Crippen LogP contribution is -2.40. The molecule has 6 rings (SSSR count). The number of methoxy groups -OCH3 is 1. The number of esters is 1. The Kier molecular flexibility index (Phi) is 6.30. The van der Waals surface area contributed by atoms with Crippen molar-refractivity contribution in [1.29, 1.82) is 0 Å². The van der Waals surface area contributed by atoms with Crippen molar-refractivity contribution in [3.8, 4) is 11.4 Å². The molecule has 1 aromatic carbocycles. The van der Waals surface area contributed by atoms with Crippen LogP contribution in [0.5, 0.6) is 0 Å². The lowest BCUT2D eigenvalue weighted by Gasteiger charge is -2.30. The highest BCUT2D eigenvalue weighted by molar-refractivity contribution is 7.90. The van der Waals surface area contributed by atoms with E-state index >= 15 is 0 Å². The van der Waals surface area contributed by atoms with Gasteiger partial charge in [0.15, 0.2) is 23.1 Å². The molecule has 39 heavy (non-hydrogen) atoms. The Bertz CT molecular complexity index is 1710. The molecule has 4 aromatic rings. The van der Waals surface area contributed by atoms with Crippen LogP contribution in [0.1, 0.15) is 24.8 Å². The van der Waals surface area contributed by atoms with E-state index in [4.69, 9.17) is 16.3 Å². The van der Waals surface area contributed by atoms with Crippen LogP contribution >= 0.6 is 11.6 Å². The summed E-state index contributed by atoms with van der Waals surface area (Å²) in [4.78, 5) is 25.5. The first kappa shape index (κ1) is 25.7. The number of hydrogen-bond acceptors (Lipinski definition) is 8. The van der Waals surface area contributed by atoms with Gasteiger partial charge in [0.2, 0.25) is 0 Å². The number of aryl methyl sites for hydroxylation is 1. The van der Waals surface area contributed by atoms with Crippen molar-refractivity contribution in [2.24, 2.45) is 17.8 Å². The quantitative estimate of drug-likeness (QED) is 0.328. The van der Waals surface area contributed by atoms with Gasteiger partial charge in [-0.05, 0) is 56.2 Å². The van der Waals surface area contributed by atoms with Crippen molar-refractivity contribution in [3.63, 3.8) is 0 Å². The molecule has 0 aliphatic heterocycles. The second-order valence-corrected chi connectivity index (χ2v) is 12.4. The van der Waals surface area contributed by atoms with Gasteiger partial charge in [0.1, 0.15) is 0 Å². The highest BCUT2D eigenvalue weighted by Crippen LogP contribution is 2.50. The number of rotatable bonds is 6. The summed E-state index contributed by atoms with van der Waals surface area (Å²) in [5.74, 6) is -0.996. The molecule has 4 atom stereocenters. The predicted octanol–water partition coefficient (Wildman–Crippen LogP) is 4.83. The van der Waals surface area contributed by atoms with E-state index in [1.807, 2.05) is 6.92 Å². The fraction of sp³-hybridized carbons (Fsp3) is 0.333. The number of pyridine rings is 1. The number of nitrogens with one attached hydrogen (secondary N) is 1. The maximum atomic E-state index is 15.0. The van der Waals surface area contributed by atoms with Gasteiger partial charge in [-0.2, -0.15) is 0 Å². The van der Waals surface area contributed by atoms with Crippen LogP contribution in [0.2, 0.25) is 5.02 Å². The van der Waals surface area contributed by atoms with Crippen LogP contribution in [-0.2, 0) is 19.6 Å². The SMILES string of the molecule is COC(=O)C1C2CCC(C2)C1Nc1nc(-c2cn(S(=O)(=O)c3ccc(C)cc3)c3ncc(Cl)cc23)ncc1F. The molecular weight excluding hydrogens is 545 g/mol. The minimum Gasteiger partial charge on any atom is -0.469 e. The van der Waals surface area contributed by atoms with Gasteiger partial charge >= 0.3 is 5.97 Å². The summed E-state index contributed by atoms with van der Waals surface area (Å²) in [6.45, 7) is 1.87. The minimum atomic E-state index is -4.03. The molecule has 2 aliphatic carbocycles. The fourth-order valence-corrected chi connectivity index (χ4v) is 7.45. The molecular formula is C27H25ClFN5O4S. The third kappa shape index (κ3) is 4.33. The molecule has 2 saturated carbocycles. The van der Waals surface area contributed by atoms with Crippen LogP contribution in [0.4, 0.5) is 10.2 Å². The van der Waals surface area contributed by atoms with Crippen molar-refractivity contribution in [3.05, 3.63) is 65.3 Å². The van der Waals surface area contributed by atoms with Gasteiger partial charge in [0.25, 0.3) is 10.0 Å². The predicted molar refractivity (Wildman–Crippen MR) is 143 cm³/mol. The topological polar surface area (TPSA) is 116 Å². The molecule has 2 aliphatic rings. The Morgan fingerprint density at radius 1 is 1.15 bits per heavy atom. The minimum absolute atomic E-state index is 0.0660. The van der Waals surface area contributed by atoms with Crippen molar-refractivity contribution < 1.29 is 22.3 Å². The molecule has 0 saturated heterocycles. The number of aromatic nitrogens is 4. The maximum Gasteiger partial charge on any atom is 0.311 e. The first-order chi connectivity index (χ1) is 18.7. The summed E-state index contributed by atoms with van der Waals surface area (Å²) in [6, 6.07) is 7.71. The van der Waals surface area contributed by atoms with Gasteiger partial charge in [-0.1, -0.05) is 29.3 Å². The Hall–Kier alpha value is -3.57. The smallest absolute Gasteiger partial charge is 0.311 e. The normalized spacial score (nSPS) is 22.4. The van der Waals surface area contributed by atoms with E-state index in [0.29, 0.717) is 10.9 Å². The molecule has 3 aromatic heterocycles. The molecule has 4 unspecified atom stereocenters. The van der Waals surface area contributed by atoms with Gasteiger partial charge in [0.05, 0.1) is 29.1 Å². The molecule has 0 spiro atoms. The molecule has 2 bridgehead atoms. The molecule has 3 heterocycles. The van der Waals surface area contributed by atoms with Crippen LogP contribution in [-0.4, -0.2) is 46.5 Å². The summed E-state index contributed by atoms with van der Waals surface area (Å²) >= 11 is 6.22. The number of halogens is 2. The number of hydrogen-bond donors (Lipinski definition) is 1. The average molecular weight is 570 g/mol. The van der Waals surface area contributed by atoms with Gasteiger partial charge in [0, 0.05) is 29.4 Å². The summed E-state index contributed by atoms with van der Waals surface area (Å²) in [6.07, 6.45) is 6.49. The van der Waals surface area contributed by atoms with Crippen molar-refractivity contribution in [2.45, 2.75) is 37.1 Å². The van der Waals surface area contributed by atoms with Crippen LogP contribution in [0.3, 0.4) is 0 Å². The summed E-state index contributed by atoms with van der Waals surface area (Å²) in [5, 5.41) is 3.83. The third-order valence-corrected chi connectivity index (χ3v) is 9.71. The van der Waals surface area contributed by atoms with Crippen LogP contribution < -0.4 is 5.32 Å². The second kappa shape index (κ2) is 9.56. The zero-order valence-electron chi connectivity index (χ0n) is 21.1. The molecule has 0 amide bonds. The number of ether oxygens (including phenoxy) is 1. The third-order valence-electron chi connectivity index (χ3n) is 7.83. The lowest BCUT2D eigenvalue weighted by atomic mass is 9.84. The van der Waals surface area contributed by atoms with Gasteiger partial charge in [-0.15, -0.1) is 0 Å². The molecule has 2 fully saturated rings. The number of benzene rings is 1. The molecule has 12 heteroatoms. The van der Waals surface area contributed by atoms with Crippen LogP contribution in [0.25, 0.3) is 22.4 Å². The Morgan fingerprint density at radius 2 is 1.90 bits per heavy atom. The van der Waals surface area contributed by atoms with E-state index in [1.54, 1.807) is 18.2 Å². The zero-order chi connectivity index (χ0) is 27.5. The van der Waals surface area contributed by atoms with Crippen molar-refractivity contribution in [2.75, 3.05) is 12.4 Å². The van der Waals surface area contributed by atoms with Crippen molar-refractivity contribution in [1.82, 2.24) is 18.9 Å². The monoisotopic (exact) mass is 569 g/mol. The largest absolute Gasteiger partial charge is 0.469 e. The number of fused-ring (bicyclic) bond motifs is 3. The Balaban J connectivity index is 1.43. The number of carbonyl (C=O) groups is 1. The van der Waals surface area contributed by atoms with Gasteiger partial charge < -0.3 is 10.1 Å². The molecule has 9 nitrogen and oxygen atoms in total. The number of carbonyl (C=O) groups excluding carboxylic acids is 1. The zero-order valence-corrected chi connectivity index (χ0v) is 22.7. The van der Waals surface area contributed by atoms with E-state index in [-0.39, 0.29) is 51.1 Å². The number of anilines is 1. The van der Waals surface area contributed by atoms with Crippen LogP contribution in [0, 0.1) is 30.5 Å². The first-order valence-corrected chi connectivity index (χ1v) is 14.4. The van der Waals surface area contributed by atoms with E-state index in [2.05, 4.69) is 20.3 Å². The van der Waals surface area contributed by atoms with Crippen molar-refractivity contribution >= 4 is 44.4 Å². The molecule has 202 valence electrons. The second-order valence-electron chi connectivity index (χ2n) is 10.1. The summed E-state index contributed by atoms with van der Waals surface area (Å²) < 4.78 is 48.2.